The number of rotatable bonds is 7. The van der Waals surface area contributed by atoms with Crippen LogP contribution in [0.3, 0.4) is 0 Å². The number of carbonyl (C=O) groups is 1. The van der Waals surface area contributed by atoms with Gasteiger partial charge in [0.25, 0.3) is 0 Å². The molecule has 0 fully saturated rings. The molecule has 6 heteroatoms. The van der Waals surface area contributed by atoms with Crippen LogP contribution in [0.4, 0.5) is 5.13 Å². The number of nitrogens with one attached hydrogen (secondary N) is 1. The van der Waals surface area contributed by atoms with Crippen LogP contribution in [0.2, 0.25) is 0 Å². The maximum Gasteiger partial charge on any atom is 0.240 e. The van der Waals surface area contributed by atoms with Crippen molar-refractivity contribution in [3.8, 4) is 0 Å². The van der Waals surface area contributed by atoms with Crippen LogP contribution in [0.5, 0.6) is 0 Å². The number of thiazole rings is 1. The van der Waals surface area contributed by atoms with Crippen LogP contribution in [-0.4, -0.2) is 28.9 Å². The monoisotopic (exact) mass is 307 g/mol. The van der Waals surface area contributed by atoms with Crippen LogP contribution in [0.1, 0.15) is 10.6 Å². The summed E-state index contributed by atoms with van der Waals surface area (Å²) in [6.45, 7) is 7.43. The van der Waals surface area contributed by atoms with Gasteiger partial charge in [0.15, 0.2) is 5.13 Å². The number of nitrogens with zero attached hydrogens (tertiary/aromatic N) is 2. The van der Waals surface area contributed by atoms with Crippen molar-refractivity contribution >= 4 is 33.7 Å². The van der Waals surface area contributed by atoms with E-state index in [0.29, 0.717) is 18.2 Å². The fraction of sp³-hybridized carbons (Fsp3) is 0.286. The zero-order valence-electron chi connectivity index (χ0n) is 11.3. The van der Waals surface area contributed by atoms with Crippen molar-refractivity contribution in [2.75, 3.05) is 18.4 Å². The number of aromatic nitrogens is 1. The highest BCUT2D eigenvalue weighted by Crippen LogP contribution is 2.15. The first kappa shape index (κ1) is 14.9. The molecule has 2 aromatic rings. The van der Waals surface area contributed by atoms with E-state index in [1.807, 2.05) is 29.8 Å². The summed E-state index contributed by atoms with van der Waals surface area (Å²) in [5, 5.41) is 7.44. The minimum absolute atomic E-state index is 0.0437. The Hall–Kier alpha value is -1.50. The molecular weight excluding hydrogens is 290 g/mol. The van der Waals surface area contributed by atoms with Gasteiger partial charge in [0.1, 0.15) is 0 Å². The van der Waals surface area contributed by atoms with Crippen molar-refractivity contribution in [2.45, 2.75) is 13.5 Å². The Morgan fingerprint density at radius 2 is 2.40 bits per heavy atom. The quantitative estimate of drug-likeness (QED) is 0.799. The maximum absolute atomic E-state index is 12.0. The summed E-state index contributed by atoms with van der Waals surface area (Å²) in [7, 11) is 0. The summed E-state index contributed by atoms with van der Waals surface area (Å²) in [5.41, 5.74) is 0.923. The summed E-state index contributed by atoms with van der Waals surface area (Å²) >= 11 is 3.14. The molecule has 106 valence electrons. The second-order valence-electron chi connectivity index (χ2n) is 4.38. The lowest BCUT2D eigenvalue weighted by Gasteiger charge is -2.18. The number of amides is 1. The molecule has 2 aromatic heterocycles. The summed E-state index contributed by atoms with van der Waals surface area (Å²) in [5.74, 6) is -0.0437. The number of anilines is 1. The van der Waals surface area contributed by atoms with E-state index in [4.69, 9.17) is 0 Å². The van der Waals surface area contributed by atoms with Crippen molar-refractivity contribution in [1.82, 2.24) is 9.88 Å². The van der Waals surface area contributed by atoms with Crippen LogP contribution >= 0.6 is 22.7 Å². The summed E-state index contributed by atoms with van der Waals surface area (Å²) in [6.07, 6.45) is 1.81. The van der Waals surface area contributed by atoms with E-state index < -0.39 is 0 Å². The predicted molar refractivity (Wildman–Crippen MR) is 85.3 cm³/mol. The van der Waals surface area contributed by atoms with E-state index in [9.17, 15) is 4.79 Å². The SMILES string of the molecule is C=CCN(CC(=O)Nc1nc(C)cs1)Cc1cccs1. The molecule has 4 nitrogen and oxygen atoms in total. The number of hydrogen-bond acceptors (Lipinski definition) is 5. The molecule has 0 unspecified atom stereocenters. The minimum Gasteiger partial charge on any atom is -0.301 e. The third-order valence-electron chi connectivity index (χ3n) is 2.58. The number of thiophene rings is 1. The zero-order valence-corrected chi connectivity index (χ0v) is 13.0. The smallest absolute Gasteiger partial charge is 0.240 e. The molecule has 0 aliphatic carbocycles. The van der Waals surface area contributed by atoms with E-state index in [1.54, 1.807) is 11.3 Å². The summed E-state index contributed by atoms with van der Waals surface area (Å²) in [4.78, 5) is 19.5. The Bertz CT molecular complexity index is 563. The van der Waals surface area contributed by atoms with Crippen LogP contribution in [0.25, 0.3) is 0 Å². The first-order chi connectivity index (χ1) is 9.67. The Balaban J connectivity index is 1.90. The molecule has 20 heavy (non-hydrogen) atoms. The largest absolute Gasteiger partial charge is 0.301 e. The van der Waals surface area contributed by atoms with Crippen molar-refractivity contribution in [3.05, 3.63) is 46.1 Å². The number of aryl methyl sites for hydroxylation is 1. The highest BCUT2D eigenvalue weighted by Gasteiger charge is 2.12. The van der Waals surface area contributed by atoms with Gasteiger partial charge in [0, 0.05) is 23.3 Å². The standard InChI is InChI=1S/C14H17N3OS2/c1-3-6-17(8-12-5-4-7-19-12)9-13(18)16-14-15-11(2)10-20-14/h3-5,7,10H,1,6,8-9H2,2H3,(H,15,16,18). The lowest BCUT2D eigenvalue weighted by molar-refractivity contribution is -0.117. The van der Waals surface area contributed by atoms with Crippen molar-refractivity contribution in [3.63, 3.8) is 0 Å². The Morgan fingerprint density at radius 3 is 3.00 bits per heavy atom. The van der Waals surface area contributed by atoms with Gasteiger partial charge in [-0.1, -0.05) is 12.1 Å². The van der Waals surface area contributed by atoms with Crippen LogP contribution < -0.4 is 5.32 Å². The first-order valence-electron chi connectivity index (χ1n) is 6.25. The Morgan fingerprint density at radius 1 is 1.55 bits per heavy atom. The molecule has 0 saturated heterocycles. The molecule has 0 aliphatic rings. The highest BCUT2D eigenvalue weighted by molar-refractivity contribution is 7.13. The van der Waals surface area contributed by atoms with Gasteiger partial charge >= 0.3 is 0 Å². The second-order valence-corrected chi connectivity index (χ2v) is 6.27. The van der Waals surface area contributed by atoms with Crippen LogP contribution in [0.15, 0.2) is 35.5 Å². The Labute approximate surface area is 126 Å². The number of carbonyl (C=O) groups excluding carboxylic acids is 1. The summed E-state index contributed by atoms with van der Waals surface area (Å²) < 4.78 is 0. The van der Waals surface area contributed by atoms with E-state index in [-0.39, 0.29) is 5.91 Å². The molecule has 2 heterocycles. The van der Waals surface area contributed by atoms with Crippen LogP contribution in [0, 0.1) is 6.92 Å². The van der Waals surface area contributed by atoms with E-state index >= 15 is 0 Å². The van der Waals surface area contributed by atoms with Crippen molar-refractivity contribution in [1.29, 1.82) is 0 Å². The van der Waals surface area contributed by atoms with Gasteiger partial charge in [0.2, 0.25) is 5.91 Å². The first-order valence-corrected chi connectivity index (χ1v) is 8.01. The zero-order chi connectivity index (χ0) is 14.4. The topological polar surface area (TPSA) is 45.2 Å². The number of hydrogen-bond donors (Lipinski definition) is 1. The lowest BCUT2D eigenvalue weighted by atomic mass is 10.4. The molecule has 0 atom stereocenters. The molecule has 0 saturated carbocycles. The fourth-order valence-corrected chi connectivity index (χ4v) is 3.21. The molecule has 0 spiro atoms. The normalized spacial score (nSPS) is 10.7. The molecule has 1 N–H and O–H groups in total. The van der Waals surface area contributed by atoms with Gasteiger partial charge in [-0.2, -0.15) is 0 Å². The molecular formula is C14H17N3OS2. The van der Waals surface area contributed by atoms with E-state index in [0.717, 1.165) is 12.2 Å². The second kappa shape index (κ2) is 7.33. The van der Waals surface area contributed by atoms with Gasteiger partial charge in [-0.05, 0) is 18.4 Å². The molecule has 0 bridgehead atoms. The molecule has 0 aliphatic heterocycles. The average Bonchev–Trinajstić information content (AvgIpc) is 3.01. The van der Waals surface area contributed by atoms with E-state index in [1.165, 1.54) is 16.2 Å². The van der Waals surface area contributed by atoms with Gasteiger partial charge in [0.05, 0.1) is 12.2 Å². The fourth-order valence-electron chi connectivity index (χ4n) is 1.76. The average molecular weight is 307 g/mol. The lowest BCUT2D eigenvalue weighted by Crippen LogP contribution is -2.32. The van der Waals surface area contributed by atoms with Crippen molar-refractivity contribution < 1.29 is 4.79 Å². The maximum atomic E-state index is 12.0. The van der Waals surface area contributed by atoms with Gasteiger partial charge in [-0.3, -0.25) is 9.69 Å². The minimum atomic E-state index is -0.0437. The third kappa shape index (κ3) is 4.56. The molecule has 1 amide bonds. The molecule has 2 rings (SSSR count). The third-order valence-corrected chi connectivity index (χ3v) is 4.32. The van der Waals surface area contributed by atoms with Crippen LogP contribution in [-0.2, 0) is 11.3 Å². The van der Waals surface area contributed by atoms with Gasteiger partial charge in [-0.25, -0.2) is 4.98 Å². The predicted octanol–water partition coefficient (Wildman–Crippen LogP) is 3.14. The van der Waals surface area contributed by atoms with Gasteiger partial charge in [-0.15, -0.1) is 29.3 Å². The molecule has 0 aromatic carbocycles. The molecule has 0 radical (unpaired) electrons. The van der Waals surface area contributed by atoms with Crippen molar-refractivity contribution in [2.24, 2.45) is 0 Å². The van der Waals surface area contributed by atoms with Gasteiger partial charge < -0.3 is 5.32 Å². The van der Waals surface area contributed by atoms with E-state index in [2.05, 4.69) is 27.8 Å². The Kier molecular flexibility index (Phi) is 5.46. The highest BCUT2D eigenvalue weighted by atomic mass is 32.1. The summed E-state index contributed by atoms with van der Waals surface area (Å²) in [6, 6.07) is 4.09.